The van der Waals surface area contributed by atoms with Gasteiger partial charge in [0.2, 0.25) is 0 Å². The fourth-order valence-corrected chi connectivity index (χ4v) is 3.35. The molecule has 2 fully saturated rings. The molecule has 0 saturated carbocycles. The Morgan fingerprint density at radius 1 is 1.30 bits per heavy atom. The van der Waals surface area contributed by atoms with E-state index in [2.05, 4.69) is 26.7 Å². The predicted octanol–water partition coefficient (Wildman–Crippen LogP) is 0.570. The van der Waals surface area contributed by atoms with E-state index in [0.717, 1.165) is 64.6 Å². The maximum atomic E-state index is 12.5. The quantitative estimate of drug-likeness (QED) is 0.742. The number of aromatic nitrogens is 2. The van der Waals surface area contributed by atoms with Gasteiger partial charge in [0.25, 0.3) is 12.4 Å². The second-order valence-corrected chi connectivity index (χ2v) is 6.75. The molecule has 1 aromatic heterocycles. The first kappa shape index (κ1) is 21.0. The van der Waals surface area contributed by atoms with Crippen molar-refractivity contribution in [3.63, 3.8) is 0 Å². The van der Waals surface area contributed by atoms with Gasteiger partial charge in [-0.3, -0.25) is 19.5 Å². The average Bonchev–Trinajstić information content (AvgIpc) is 3.23. The topological polar surface area (TPSA) is 99.1 Å². The highest BCUT2D eigenvalue weighted by atomic mass is 16.5. The molecule has 1 amide bonds. The third kappa shape index (κ3) is 6.14. The second kappa shape index (κ2) is 10.8. The molecule has 150 valence electrons. The third-order valence-corrected chi connectivity index (χ3v) is 4.83. The van der Waals surface area contributed by atoms with Crippen molar-refractivity contribution in [1.82, 2.24) is 19.8 Å². The third-order valence-electron chi connectivity index (χ3n) is 4.83. The van der Waals surface area contributed by atoms with Crippen LogP contribution in [0, 0.1) is 0 Å². The highest BCUT2D eigenvalue weighted by Crippen LogP contribution is 2.15. The molecule has 1 N–H and O–H groups in total. The maximum Gasteiger partial charge on any atom is 0.290 e. The average molecular weight is 379 g/mol. The predicted molar refractivity (Wildman–Crippen MR) is 101 cm³/mol. The molecule has 1 unspecified atom stereocenters. The molecule has 1 atom stereocenters. The lowest BCUT2D eigenvalue weighted by atomic mass is 10.2. The molecular formula is C18H29N5O4. The Balaban J connectivity index is 0.000000817. The summed E-state index contributed by atoms with van der Waals surface area (Å²) in [6.07, 6.45) is 5.46. The second-order valence-electron chi connectivity index (χ2n) is 6.75. The Morgan fingerprint density at radius 2 is 1.93 bits per heavy atom. The zero-order chi connectivity index (χ0) is 19.6. The van der Waals surface area contributed by atoms with Crippen molar-refractivity contribution in [2.24, 2.45) is 0 Å². The van der Waals surface area contributed by atoms with Crippen LogP contribution in [0.5, 0.6) is 0 Å². The molecule has 0 aromatic carbocycles. The summed E-state index contributed by atoms with van der Waals surface area (Å²) in [5.74, 6) is 0.747. The minimum atomic E-state index is -0.250. The molecule has 9 nitrogen and oxygen atoms in total. The Kier molecular flexibility index (Phi) is 8.41. The molecule has 9 heteroatoms. The van der Waals surface area contributed by atoms with Crippen LogP contribution in [0.3, 0.4) is 0 Å². The number of likely N-dealkylation sites (N-methyl/N-ethyl adjacent to an activating group) is 1. The number of rotatable bonds is 5. The van der Waals surface area contributed by atoms with Gasteiger partial charge in [0.15, 0.2) is 0 Å². The SMILES string of the molecule is CC(CN(C)c1cncc(C(=O)N2CCCC2)n1)N1CCOCC1.O=CO. The molecule has 27 heavy (non-hydrogen) atoms. The van der Waals surface area contributed by atoms with Crippen LogP contribution in [0.1, 0.15) is 30.3 Å². The number of nitrogens with zero attached hydrogens (tertiary/aromatic N) is 5. The molecule has 2 aliphatic rings. The van der Waals surface area contributed by atoms with Crippen molar-refractivity contribution in [1.29, 1.82) is 0 Å². The Morgan fingerprint density at radius 3 is 2.56 bits per heavy atom. The summed E-state index contributed by atoms with van der Waals surface area (Å²) >= 11 is 0. The van der Waals surface area contributed by atoms with Crippen molar-refractivity contribution in [3.05, 3.63) is 18.1 Å². The minimum Gasteiger partial charge on any atom is -0.483 e. The Bertz CT molecular complexity index is 603. The van der Waals surface area contributed by atoms with E-state index in [1.54, 1.807) is 12.4 Å². The summed E-state index contributed by atoms with van der Waals surface area (Å²) in [5, 5.41) is 6.89. The van der Waals surface area contributed by atoms with Crippen LogP contribution in [-0.4, -0.2) is 96.3 Å². The van der Waals surface area contributed by atoms with Gasteiger partial charge in [-0.1, -0.05) is 0 Å². The van der Waals surface area contributed by atoms with E-state index in [4.69, 9.17) is 14.6 Å². The van der Waals surface area contributed by atoms with E-state index in [1.807, 2.05) is 11.9 Å². The molecule has 1 aromatic rings. The number of ether oxygens (including phenoxy) is 1. The van der Waals surface area contributed by atoms with Gasteiger partial charge >= 0.3 is 0 Å². The van der Waals surface area contributed by atoms with Gasteiger partial charge in [-0.15, -0.1) is 0 Å². The fraction of sp³-hybridized carbons (Fsp3) is 0.667. The molecule has 2 aliphatic heterocycles. The van der Waals surface area contributed by atoms with Crippen LogP contribution in [0.25, 0.3) is 0 Å². The number of anilines is 1. The van der Waals surface area contributed by atoms with Crippen LogP contribution in [0.2, 0.25) is 0 Å². The standard InChI is InChI=1S/C17H27N5O2.CH2O2/c1-14(21-7-9-24-10-8-21)13-20(2)16-12-18-11-15(19-16)17(23)22-5-3-4-6-22;2-1-3/h11-12,14H,3-10,13H2,1-2H3;1H,(H,2,3). The van der Waals surface area contributed by atoms with Gasteiger partial charge in [-0.2, -0.15) is 0 Å². The molecule has 3 rings (SSSR count). The van der Waals surface area contributed by atoms with Crippen LogP contribution >= 0.6 is 0 Å². The molecule has 2 saturated heterocycles. The maximum absolute atomic E-state index is 12.5. The molecule has 0 bridgehead atoms. The lowest BCUT2D eigenvalue weighted by Crippen LogP contribution is -2.47. The number of amides is 1. The number of carbonyl (C=O) groups excluding carboxylic acids is 1. The van der Waals surface area contributed by atoms with E-state index in [1.165, 1.54) is 0 Å². The molecular weight excluding hydrogens is 350 g/mol. The van der Waals surface area contributed by atoms with Crippen molar-refractivity contribution < 1.29 is 19.4 Å². The number of likely N-dealkylation sites (tertiary alicyclic amines) is 1. The Labute approximate surface area is 159 Å². The monoisotopic (exact) mass is 379 g/mol. The Hall–Kier alpha value is -2.26. The summed E-state index contributed by atoms with van der Waals surface area (Å²) in [4.78, 5) is 36.0. The zero-order valence-corrected chi connectivity index (χ0v) is 16.1. The first-order chi connectivity index (χ1) is 13.1. The first-order valence-electron chi connectivity index (χ1n) is 9.29. The van der Waals surface area contributed by atoms with Gasteiger partial charge in [0.1, 0.15) is 11.5 Å². The van der Waals surface area contributed by atoms with Crippen molar-refractivity contribution in [2.45, 2.75) is 25.8 Å². The highest BCUT2D eigenvalue weighted by Gasteiger charge is 2.22. The summed E-state index contributed by atoms with van der Waals surface area (Å²) in [5.41, 5.74) is 0.445. The van der Waals surface area contributed by atoms with E-state index >= 15 is 0 Å². The fourth-order valence-electron chi connectivity index (χ4n) is 3.35. The summed E-state index contributed by atoms with van der Waals surface area (Å²) in [6.45, 7) is 8.00. The summed E-state index contributed by atoms with van der Waals surface area (Å²) in [6, 6.07) is 0.402. The van der Waals surface area contributed by atoms with Gasteiger partial charge < -0.3 is 19.6 Å². The number of carbonyl (C=O) groups is 2. The summed E-state index contributed by atoms with van der Waals surface area (Å²) < 4.78 is 5.41. The van der Waals surface area contributed by atoms with Gasteiger partial charge in [0.05, 0.1) is 25.6 Å². The first-order valence-corrected chi connectivity index (χ1v) is 9.29. The normalized spacial score (nSPS) is 18.4. The zero-order valence-electron chi connectivity index (χ0n) is 16.1. The van der Waals surface area contributed by atoms with Crippen molar-refractivity contribution in [2.75, 3.05) is 57.9 Å². The van der Waals surface area contributed by atoms with Crippen LogP contribution in [-0.2, 0) is 9.53 Å². The van der Waals surface area contributed by atoms with E-state index in [9.17, 15) is 4.79 Å². The lowest BCUT2D eigenvalue weighted by molar-refractivity contribution is -0.122. The molecule has 0 spiro atoms. The van der Waals surface area contributed by atoms with Crippen LogP contribution < -0.4 is 4.90 Å². The molecule has 0 aliphatic carbocycles. The minimum absolute atomic E-state index is 0.00326. The molecule has 3 heterocycles. The number of carboxylic acid groups (broad SMARTS) is 1. The number of hydrogen-bond donors (Lipinski definition) is 1. The lowest BCUT2D eigenvalue weighted by Gasteiger charge is -2.34. The highest BCUT2D eigenvalue weighted by molar-refractivity contribution is 5.92. The van der Waals surface area contributed by atoms with E-state index in [0.29, 0.717) is 11.7 Å². The van der Waals surface area contributed by atoms with Gasteiger partial charge in [-0.05, 0) is 19.8 Å². The largest absolute Gasteiger partial charge is 0.483 e. The van der Waals surface area contributed by atoms with Crippen molar-refractivity contribution in [3.8, 4) is 0 Å². The van der Waals surface area contributed by atoms with Gasteiger partial charge in [0, 0.05) is 45.8 Å². The van der Waals surface area contributed by atoms with Crippen LogP contribution in [0.15, 0.2) is 12.4 Å². The summed E-state index contributed by atoms with van der Waals surface area (Å²) in [7, 11) is 2.01. The smallest absolute Gasteiger partial charge is 0.290 e. The molecule has 0 radical (unpaired) electrons. The van der Waals surface area contributed by atoms with E-state index < -0.39 is 0 Å². The van der Waals surface area contributed by atoms with E-state index in [-0.39, 0.29) is 12.4 Å². The van der Waals surface area contributed by atoms with Crippen molar-refractivity contribution >= 4 is 18.2 Å². The number of hydrogen-bond acceptors (Lipinski definition) is 7. The van der Waals surface area contributed by atoms with Gasteiger partial charge in [-0.25, -0.2) is 4.98 Å². The number of morpholine rings is 1. The van der Waals surface area contributed by atoms with Crippen LogP contribution in [0.4, 0.5) is 5.82 Å².